The number of halogens is 1. The van der Waals surface area contributed by atoms with Crippen molar-refractivity contribution >= 4 is 23.8 Å². The molecule has 0 amide bonds. The van der Waals surface area contributed by atoms with Gasteiger partial charge in [-0.15, -0.1) is 0 Å². The molecule has 15 heavy (non-hydrogen) atoms. The van der Waals surface area contributed by atoms with Crippen LogP contribution in [0.2, 0.25) is 5.15 Å². The van der Waals surface area contributed by atoms with Gasteiger partial charge in [0, 0.05) is 6.21 Å². The fourth-order valence-electron chi connectivity index (χ4n) is 1.34. The molecule has 1 aliphatic heterocycles. The number of nitrogens with zero attached hydrogens (tertiary/aromatic N) is 4. The van der Waals surface area contributed by atoms with Crippen molar-refractivity contribution in [3.05, 3.63) is 29.0 Å². The lowest BCUT2D eigenvalue weighted by Crippen LogP contribution is -2.25. The minimum atomic E-state index is 0.303. The molecule has 0 aliphatic carbocycles. The monoisotopic (exact) mass is 224 g/mol. The summed E-state index contributed by atoms with van der Waals surface area (Å²) in [6.07, 6.45) is 1.68. The van der Waals surface area contributed by atoms with Crippen LogP contribution < -0.4 is 0 Å². The number of hydrogen-bond acceptors (Lipinski definition) is 3. The van der Waals surface area contributed by atoms with Crippen LogP contribution in [0.3, 0.4) is 0 Å². The molecule has 2 heterocycles. The number of hydrogen-bond donors (Lipinski definition) is 1. The summed E-state index contributed by atoms with van der Waals surface area (Å²) in [7, 11) is 0. The largest absolute Gasteiger partial charge is 0.408 e. The second kappa shape index (κ2) is 4.27. The van der Waals surface area contributed by atoms with Gasteiger partial charge < -0.3 is 10.1 Å². The van der Waals surface area contributed by atoms with E-state index in [-0.39, 0.29) is 0 Å². The van der Waals surface area contributed by atoms with Crippen LogP contribution in [0.25, 0.3) is 0 Å². The SMILES string of the molecule is O/N=C1\N=CCN1Cc1cccc(Cl)n1. The van der Waals surface area contributed by atoms with Gasteiger partial charge in [-0.25, -0.2) is 9.98 Å². The molecule has 78 valence electrons. The lowest BCUT2D eigenvalue weighted by Gasteiger charge is -2.15. The minimum Gasteiger partial charge on any atom is -0.408 e. The van der Waals surface area contributed by atoms with Gasteiger partial charge in [-0.2, -0.15) is 0 Å². The standard InChI is InChI=1S/C9H9ClN4O/c10-8-3-1-2-7(12-8)6-14-5-4-11-9(14)13-15/h1-4,15H,5-6H2/b13-9+. The molecule has 1 aliphatic rings. The van der Waals surface area contributed by atoms with Crippen LogP contribution in [0, 0.1) is 0 Å². The highest BCUT2D eigenvalue weighted by Gasteiger charge is 2.15. The number of pyridine rings is 1. The summed E-state index contributed by atoms with van der Waals surface area (Å²) in [5.74, 6) is 0.303. The maximum Gasteiger partial charge on any atom is 0.262 e. The summed E-state index contributed by atoms with van der Waals surface area (Å²) in [4.78, 5) is 9.82. The predicted octanol–water partition coefficient (Wildman–Crippen LogP) is 1.37. The Balaban J connectivity index is 2.10. The maximum atomic E-state index is 8.66. The van der Waals surface area contributed by atoms with Crippen LogP contribution in [-0.2, 0) is 6.54 Å². The summed E-state index contributed by atoms with van der Waals surface area (Å²) < 4.78 is 0. The molecule has 1 aromatic rings. The van der Waals surface area contributed by atoms with E-state index in [1.54, 1.807) is 17.2 Å². The van der Waals surface area contributed by atoms with Gasteiger partial charge in [-0.05, 0) is 17.3 Å². The molecule has 0 aromatic carbocycles. The van der Waals surface area contributed by atoms with Crippen LogP contribution in [0.4, 0.5) is 0 Å². The number of rotatable bonds is 2. The van der Waals surface area contributed by atoms with E-state index < -0.39 is 0 Å². The molecule has 5 nitrogen and oxygen atoms in total. The van der Waals surface area contributed by atoms with Crippen molar-refractivity contribution in [2.24, 2.45) is 10.1 Å². The van der Waals surface area contributed by atoms with Gasteiger partial charge in [0.2, 0.25) is 0 Å². The average Bonchev–Trinajstić information content (AvgIpc) is 2.65. The van der Waals surface area contributed by atoms with Gasteiger partial charge in [0.15, 0.2) is 0 Å². The lowest BCUT2D eigenvalue weighted by molar-refractivity contribution is 0.303. The van der Waals surface area contributed by atoms with Crippen LogP contribution in [-0.4, -0.2) is 33.8 Å². The highest BCUT2D eigenvalue weighted by atomic mass is 35.5. The number of oxime groups is 1. The summed E-state index contributed by atoms with van der Waals surface area (Å²) in [5.41, 5.74) is 0.814. The molecular formula is C9H9ClN4O. The first-order chi connectivity index (χ1) is 7.29. The van der Waals surface area contributed by atoms with Crippen LogP contribution >= 0.6 is 11.6 Å². The smallest absolute Gasteiger partial charge is 0.262 e. The topological polar surface area (TPSA) is 61.1 Å². The van der Waals surface area contributed by atoms with E-state index in [9.17, 15) is 0 Å². The minimum absolute atomic E-state index is 0.303. The lowest BCUT2D eigenvalue weighted by atomic mass is 10.3. The molecule has 0 saturated carbocycles. The third-order valence-electron chi connectivity index (χ3n) is 2.01. The third-order valence-corrected chi connectivity index (χ3v) is 2.22. The normalized spacial score (nSPS) is 17.7. The van der Waals surface area contributed by atoms with E-state index in [4.69, 9.17) is 16.8 Å². The Hall–Kier alpha value is -1.62. The molecule has 0 atom stereocenters. The molecule has 0 saturated heterocycles. The molecule has 1 aromatic heterocycles. The van der Waals surface area contributed by atoms with Crippen molar-refractivity contribution in [1.82, 2.24) is 9.88 Å². The molecule has 0 radical (unpaired) electrons. The zero-order chi connectivity index (χ0) is 10.7. The molecule has 0 unspecified atom stereocenters. The molecule has 6 heteroatoms. The van der Waals surface area contributed by atoms with E-state index in [0.717, 1.165) is 5.69 Å². The summed E-state index contributed by atoms with van der Waals surface area (Å²) in [6, 6.07) is 5.41. The molecule has 1 N–H and O–H groups in total. The highest BCUT2D eigenvalue weighted by molar-refractivity contribution is 6.29. The number of aromatic nitrogens is 1. The van der Waals surface area contributed by atoms with Gasteiger partial charge in [0.25, 0.3) is 5.96 Å². The van der Waals surface area contributed by atoms with Crippen LogP contribution in [0.5, 0.6) is 0 Å². The van der Waals surface area contributed by atoms with E-state index in [2.05, 4.69) is 15.1 Å². The molecule has 0 spiro atoms. The van der Waals surface area contributed by atoms with E-state index in [0.29, 0.717) is 24.2 Å². The number of aliphatic imine (C=N–C) groups is 1. The van der Waals surface area contributed by atoms with Crippen LogP contribution in [0.15, 0.2) is 28.3 Å². The van der Waals surface area contributed by atoms with E-state index in [1.807, 2.05) is 12.1 Å². The van der Waals surface area contributed by atoms with Crippen LogP contribution in [0.1, 0.15) is 5.69 Å². The van der Waals surface area contributed by atoms with Crippen molar-refractivity contribution in [2.45, 2.75) is 6.54 Å². The quantitative estimate of drug-likeness (QED) is 0.469. The van der Waals surface area contributed by atoms with Gasteiger partial charge in [0.1, 0.15) is 5.15 Å². The van der Waals surface area contributed by atoms with Gasteiger partial charge in [-0.3, -0.25) is 0 Å². The molecule has 2 rings (SSSR count). The third kappa shape index (κ3) is 2.24. The Kier molecular flexibility index (Phi) is 2.82. The number of guanidine groups is 1. The average molecular weight is 225 g/mol. The Morgan fingerprint density at radius 1 is 1.53 bits per heavy atom. The molecule has 0 fully saturated rings. The Morgan fingerprint density at radius 3 is 3.13 bits per heavy atom. The second-order valence-electron chi connectivity index (χ2n) is 3.04. The Labute approximate surface area is 91.7 Å². The van der Waals surface area contributed by atoms with Gasteiger partial charge in [-0.1, -0.05) is 17.7 Å². The first-order valence-corrected chi connectivity index (χ1v) is 4.78. The fraction of sp³-hybridized carbons (Fsp3) is 0.222. The predicted molar refractivity (Wildman–Crippen MR) is 57.4 cm³/mol. The van der Waals surface area contributed by atoms with E-state index >= 15 is 0 Å². The van der Waals surface area contributed by atoms with Crippen molar-refractivity contribution < 1.29 is 5.21 Å². The summed E-state index contributed by atoms with van der Waals surface area (Å²) in [6.45, 7) is 1.15. The van der Waals surface area contributed by atoms with Crippen molar-refractivity contribution in [1.29, 1.82) is 0 Å². The summed E-state index contributed by atoms with van der Waals surface area (Å²) in [5, 5.41) is 12.2. The molecular weight excluding hydrogens is 216 g/mol. The summed E-state index contributed by atoms with van der Waals surface area (Å²) >= 11 is 5.76. The fourth-order valence-corrected chi connectivity index (χ4v) is 1.52. The van der Waals surface area contributed by atoms with Gasteiger partial charge >= 0.3 is 0 Å². The second-order valence-corrected chi connectivity index (χ2v) is 3.43. The molecule has 0 bridgehead atoms. The van der Waals surface area contributed by atoms with Crippen molar-refractivity contribution in [2.75, 3.05) is 6.54 Å². The zero-order valence-corrected chi connectivity index (χ0v) is 8.59. The van der Waals surface area contributed by atoms with Gasteiger partial charge in [0.05, 0.1) is 18.8 Å². The first-order valence-electron chi connectivity index (χ1n) is 4.40. The van der Waals surface area contributed by atoms with Crippen molar-refractivity contribution in [3.63, 3.8) is 0 Å². The Morgan fingerprint density at radius 2 is 2.40 bits per heavy atom. The Bertz CT molecular complexity index is 418. The first kappa shape index (κ1) is 9.92. The van der Waals surface area contributed by atoms with Crippen molar-refractivity contribution in [3.8, 4) is 0 Å². The van der Waals surface area contributed by atoms with E-state index in [1.165, 1.54) is 0 Å². The maximum absolute atomic E-state index is 8.66. The zero-order valence-electron chi connectivity index (χ0n) is 7.84. The highest BCUT2D eigenvalue weighted by Crippen LogP contribution is 2.09.